The van der Waals surface area contributed by atoms with Crippen molar-refractivity contribution in [3.05, 3.63) is 0 Å². The highest BCUT2D eigenvalue weighted by Gasteiger charge is 2.25. The van der Waals surface area contributed by atoms with Crippen LogP contribution in [0.5, 0.6) is 0 Å². The second-order valence-corrected chi connectivity index (χ2v) is 3.20. The van der Waals surface area contributed by atoms with Gasteiger partial charge in [-0.2, -0.15) is 0 Å². The maximum Gasteiger partial charge on any atom is 0.228 e. The fourth-order valence-corrected chi connectivity index (χ4v) is 1.10. The summed E-state index contributed by atoms with van der Waals surface area (Å²) < 4.78 is 0. The normalized spacial score (nSPS) is 12.1. The third-order valence-electron chi connectivity index (χ3n) is 1.91. The highest BCUT2D eigenvalue weighted by molar-refractivity contribution is 6.03. The SMILES string of the molecule is CCCCC(=O)C(CC(N)=O)C(N)=O. The lowest BCUT2D eigenvalue weighted by molar-refractivity contribution is -0.135. The van der Waals surface area contributed by atoms with Crippen LogP contribution in [0.25, 0.3) is 0 Å². The quantitative estimate of drug-likeness (QED) is 0.552. The average molecular weight is 200 g/mol. The van der Waals surface area contributed by atoms with Crippen LogP contribution in [0.15, 0.2) is 0 Å². The highest BCUT2D eigenvalue weighted by atomic mass is 16.2. The van der Waals surface area contributed by atoms with E-state index in [2.05, 4.69) is 0 Å². The minimum Gasteiger partial charge on any atom is -0.370 e. The van der Waals surface area contributed by atoms with Gasteiger partial charge in [-0.3, -0.25) is 14.4 Å². The van der Waals surface area contributed by atoms with Crippen molar-refractivity contribution >= 4 is 17.6 Å². The maximum atomic E-state index is 11.4. The molecule has 0 radical (unpaired) electrons. The van der Waals surface area contributed by atoms with Crippen molar-refractivity contribution in [3.8, 4) is 0 Å². The first-order chi connectivity index (χ1) is 6.49. The fourth-order valence-electron chi connectivity index (χ4n) is 1.10. The predicted octanol–water partition coefficient (Wildman–Crippen LogP) is -0.277. The largest absolute Gasteiger partial charge is 0.370 e. The van der Waals surface area contributed by atoms with Crippen molar-refractivity contribution in [2.45, 2.75) is 32.6 Å². The van der Waals surface area contributed by atoms with E-state index in [0.29, 0.717) is 6.42 Å². The van der Waals surface area contributed by atoms with E-state index < -0.39 is 17.7 Å². The molecule has 0 aliphatic rings. The fraction of sp³-hybridized carbons (Fsp3) is 0.667. The van der Waals surface area contributed by atoms with Crippen LogP contribution < -0.4 is 11.5 Å². The summed E-state index contributed by atoms with van der Waals surface area (Å²) in [5, 5.41) is 0. The van der Waals surface area contributed by atoms with Gasteiger partial charge in [-0.15, -0.1) is 0 Å². The number of hydrogen-bond donors (Lipinski definition) is 2. The Labute approximate surface area is 82.8 Å². The lowest BCUT2D eigenvalue weighted by atomic mass is 9.95. The van der Waals surface area contributed by atoms with Crippen LogP contribution in [-0.2, 0) is 14.4 Å². The van der Waals surface area contributed by atoms with Gasteiger partial charge < -0.3 is 11.5 Å². The van der Waals surface area contributed by atoms with Crippen molar-refractivity contribution in [1.29, 1.82) is 0 Å². The average Bonchev–Trinajstić information content (AvgIpc) is 2.09. The van der Waals surface area contributed by atoms with Gasteiger partial charge in [0.2, 0.25) is 11.8 Å². The third kappa shape index (κ3) is 4.59. The second kappa shape index (κ2) is 6.12. The molecule has 5 nitrogen and oxygen atoms in total. The van der Waals surface area contributed by atoms with E-state index in [-0.39, 0.29) is 18.6 Å². The number of nitrogens with two attached hydrogens (primary N) is 2. The summed E-state index contributed by atoms with van der Waals surface area (Å²) in [5.74, 6) is -2.79. The van der Waals surface area contributed by atoms with E-state index in [1.54, 1.807) is 0 Å². The first kappa shape index (κ1) is 12.6. The van der Waals surface area contributed by atoms with Crippen molar-refractivity contribution in [1.82, 2.24) is 0 Å². The zero-order valence-corrected chi connectivity index (χ0v) is 8.29. The Morgan fingerprint density at radius 2 is 1.79 bits per heavy atom. The smallest absolute Gasteiger partial charge is 0.228 e. The summed E-state index contributed by atoms with van der Waals surface area (Å²) in [7, 11) is 0. The molecule has 0 aromatic carbocycles. The summed E-state index contributed by atoms with van der Waals surface area (Å²) >= 11 is 0. The highest BCUT2D eigenvalue weighted by Crippen LogP contribution is 2.09. The molecule has 0 aromatic heterocycles. The summed E-state index contributed by atoms with van der Waals surface area (Å²) in [5.41, 5.74) is 9.89. The van der Waals surface area contributed by atoms with E-state index in [4.69, 9.17) is 11.5 Å². The van der Waals surface area contributed by atoms with Crippen LogP contribution in [-0.4, -0.2) is 17.6 Å². The van der Waals surface area contributed by atoms with Gasteiger partial charge in [0, 0.05) is 12.8 Å². The summed E-state index contributed by atoms with van der Waals surface area (Å²) in [4.78, 5) is 32.8. The molecule has 0 aliphatic carbocycles. The van der Waals surface area contributed by atoms with E-state index in [0.717, 1.165) is 6.42 Å². The molecule has 0 heterocycles. The lowest BCUT2D eigenvalue weighted by Crippen LogP contribution is -2.34. The Morgan fingerprint density at radius 1 is 1.21 bits per heavy atom. The minimum absolute atomic E-state index is 0.275. The maximum absolute atomic E-state index is 11.4. The third-order valence-corrected chi connectivity index (χ3v) is 1.91. The molecule has 0 fully saturated rings. The summed E-state index contributed by atoms with van der Waals surface area (Å²) in [6.45, 7) is 1.93. The molecule has 0 bridgehead atoms. The van der Waals surface area contributed by atoms with Crippen molar-refractivity contribution in [3.63, 3.8) is 0 Å². The number of rotatable bonds is 7. The molecule has 0 saturated carbocycles. The minimum atomic E-state index is -1.04. The molecular formula is C9H16N2O3. The van der Waals surface area contributed by atoms with Gasteiger partial charge in [0.15, 0.2) is 0 Å². The van der Waals surface area contributed by atoms with E-state index in [1.807, 2.05) is 6.92 Å². The summed E-state index contributed by atoms with van der Waals surface area (Å²) in [6.07, 6.45) is 1.55. The van der Waals surface area contributed by atoms with Gasteiger partial charge in [-0.1, -0.05) is 13.3 Å². The van der Waals surface area contributed by atoms with Crippen LogP contribution in [0.4, 0.5) is 0 Å². The molecule has 80 valence electrons. The number of hydrogen-bond acceptors (Lipinski definition) is 3. The van der Waals surface area contributed by atoms with Crippen LogP contribution >= 0.6 is 0 Å². The molecule has 0 rings (SSSR count). The van der Waals surface area contributed by atoms with E-state index >= 15 is 0 Å². The Bertz CT molecular complexity index is 238. The Morgan fingerprint density at radius 3 is 2.14 bits per heavy atom. The predicted molar refractivity (Wildman–Crippen MR) is 51.0 cm³/mol. The second-order valence-electron chi connectivity index (χ2n) is 3.20. The molecule has 0 spiro atoms. The first-order valence-electron chi connectivity index (χ1n) is 4.59. The Hall–Kier alpha value is -1.39. The van der Waals surface area contributed by atoms with Gasteiger partial charge in [0.1, 0.15) is 11.7 Å². The van der Waals surface area contributed by atoms with Gasteiger partial charge in [0.05, 0.1) is 0 Å². The molecular weight excluding hydrogens is 184 g/mol. The van der Waals surface area contributed by atoms with E-state index in [1.165, 1.54) is 0 Å². The summed E-state index contributed by atoms with van der Waals surface area (Å²) in [6, 6.07) is 0. The lowest BCUT2D eigenvalue weighted by Gasteiger charge is -2.09. The molecule has 5 heteroatoms. The van der Waals surface area contributed by atoms with Gasteiger partial charge in [0.25, 0.3) is 0 Å². The number of amides is 2. The van der Waals surface area contributed by atoms with Gasteiger partial charge in [-0.05, 0) is 6.42 Å². The Balaban J connectivity index is 4.26. The molecule has 1 unspecified atom stereocenters. The zero-order valence-electron chi connectivity index (χ0n) is 8.29. The number of ketones is 1. The number of unbranched alkanes of at least 4 members (excludes halogenated alkanes) is 1. The Kier molecular flexibility index (Phi) is 5.52. The van der Waals surface area contributed by atoms with Crippen LogP contribution in [0, 0.1) is 5.92 Å². The van der Waals surface area contributed by atoms with Crippen molar-refractivity contribution in [2.24, 2.45) is 17.4 Å². The number of carbonyl (C=O) groups is 3. The number of Topliss-reactive ketones (excluding diaryl/α,β-unsaturated/α-hetero) is 1. The molecule has 1 atom stereocenters. The van der Waals surface area contributed by atoms with Crippen LogP contribution in [0.1, 0.15) is 32.6 Å². The number of primary amides is 2. The molecule has 2 amide bonds. The van der Waals surface area contributed by atoms with Crippen LogP contribution in [0.3, 0.4) is 0 Å². The molecule has 14 heavy (non-hydrogen) atoms. The van der Waals surface area contributed by atoms with Crippen molar-refractivity contribution in [2.75, 3.05) is 0 Å². The molecule has 0 aliphatic heterocycles. The zero-order chi connectivity index (χ0) is 11.1. The topological polar surface area (TPSA) is 103 Å². The molecule has 4 N–H and O–H groups in total. The van der Waals surface area contributed by atoms with Gasteiger partial charge in [-0.25, -0.2) is 0 Å². The van der Waals surface area contributed by atoms with Crippen molar-refractivity contribution < 1.29 is 14.4 Å². The first-order valence-corrected chi connectivity index (χ1v) is 4.59. The standard InChI is InChI=1S/C9H16N2O3/c1-2-3-4-7(12)6(9(11)14)5-8(10)13/h6H,2-5H2,1H3,(H2,10,13)(H2,11,14). The number of carbonyl (C=O) groups excluding carboxylic acids is 3. The monoisotopic (exact) mass is 200 g/mol. The van der Waals surface area contributed by atoms with Crippen LogP contribution in [0.2, 0.25) is 0 Å². The molecule has 0 saturated heterocycles. The molecule has 0 aromatic rings. The van der Waals surface area contributed by atoms with E-state index in [9.17, 15) is 14.4 Å². The van der Waals surface area contributed by atoms with Gasteiger partial charge >= 0.3 is 0 Å².